The van der Waals surface area contributed by atoms with Crippen LogP contribution in [0.5, 0.6) is 0 Å². The van der Waals surface area contributed by atoms with Crippen molar-refractivity contribution in [2.45, 2.75) is 5.50 Å². The van der Waals surface area contributed by atoms with Crippen molar-refractivity contribution in [1.82, 2.24) is 0 Å². The lowest BCUT2D eigenvalue weighted by atomic mass is 10.7. The van der Waals surface area contributed by atoms with Crippen molar-refractivity contribution in [3.63, 3.8) is 0 Å². The summed E-state index contributed by atoms with van der Waals surface area (Å²) >= 11 is 0.566. The SMILES string of the molecule is C=CC(F)SC=O. The van der Waals surface area contributed by atoms with E-state index in [-0.39, 0.29) is 0 Å². The second-order valence-electron chi connectivity index (χ2n) is 0.819. The lowest BCUT2D eigenvalue weighted by molar-refractivity contribution is 0.521. The Morgan fingerprint density at radius 3 is 2.57 bits per heavy atom. The minimum absolute atomic E-state index is 0.451. The molecule has 0 aliphatic carbocycles. The molecule has 0 aliphatic heterocycles. The highest BCUT2D eigenvalue weighted by molar-refractivity contribution is 8.12. The molecule has 1 atom stereocenters. The summed E-state index contributed by atoms with van der Waals surface area (Å²) in [5, 5.41) is 0. The van der Waals surface area contributed by atoms with E-state index in [0.29, 0.717) is 17.4 Å². The van der Waals surface area contributed by atoms with Crippen LogP contribution in [0.4, 0.5) is 4.39 Å². The lowest BCUT2D eigenvalue weighted by Gasteiger charge is -1.88. The molecular formula is C4H5FOS. The zero-order valence-corrected chi connectivity index (χ0v) is 4.45. The van der Waals surface area contributed by atoms with Gasteiger partial charge in [0, 0.05) is 0 Å². The zero-order chi connectivity index (χ0) is 5.70. The maximum Gasteiger partial charge on any atom is 0.179 e. The molecule has 1 unspecified atom stereocenters. The number of hydrogen-bond acceptors (Lipinski definition) is 2. The van der Waals surface area contributed by atoms with Crippen LogP contribution in [0.15, 0.2) is 12.7 Å². The number of alkyl halides is 1. The van der Waals surface area contributed by atoms with Crippen molar-refractivity contribution in [3.05, 3.63) is 12.7 Å². The van der Waals surface area contributed by atoms with Gasteiger partial charge in [0.2, 0.25) is 0 Å². The van der Waals surface area contributed by atoms with Gasteiger partial charge in [0.05, 0.1) is 0 Å². The average molecular weight is 120 g/mol. The summed E-state index contributed by atoms with van der Waals surface area (Å²) in [6.07, 6.45) is 1.07. The second-order valence-corrected chi connectivity index (χ2v) is 1.73. The van der Waals surface area contributed by atoms with Crippen LogP contribution in [0.3, 0.4) is 0 Å². The van der Waals surface area contributed by atoms with Gasteiger partial charge in [-0.1, -0.05) is 18.3 Å². The van der Waals surface area contributed by atoms with Crippen molar-refractivity contribution in [1.29, 1.82) is 0 Å². The van der Waals surface area contributed by atoms with E-state index in [1.807, 2.05) is 0 Å². The van der Waals surface area contributed by atoms with Crippen LogP contribution < -0.4 is 0 Å². The van der Waals surface area contributed by atoms with E-state index in [4.69, 9.17) is 0 Å². The number of hydrogen-bond donors (Lipinski definition) is 0. The first-order valence-electron chi connectivity index (χ1n) is 1.67. The third-order valence-electron chi connectivity index (χ3n) is 0.371. The van der Waals surface area contributed by atoms with E-state index in [1.54, 1.807) is 0 Å². The predicted molar refractivity (Wildman–Crippen MR) is 29.4 cm³/mol. The summed E-state index contributed by atoms with van der Waals surface area (Å²) in [6.45, 7) is 3.12. The van der Waals surface area contributed by atoms with Crippen LogP contribution in [-0.4, -0.2) is 11.1 Å². The highest BCUT2D eigenvalue weighted by Gasteiger charge is 1.95. The van der Waals surface area contributed by atoms with Crippen molar-refractivity contribution in [2.75, 3.05) is 0 Å². The maximum absolute atomic E-state index is 11.7. The predicted octanol–water partition coefficient (Wildman–Crippen LogP) is 1.39. The van der Waals surface area contributed by atoms with Gasteiger partial charge in [-0.05, 0) is 6.08 Å². The Morgan fingerprint density at radius 1 is 1.86 bits per heavy atom. The Morgan fingerprint density at radius 2 is 2.43 bits per heavy atom. The zero-order valence-electron chi connectivity index (χ0n) is 3.63. The first-order valence-corrected chi connectivity index (χ1v) is 2.61. The fourth-order valence-corrected chi connectivity index (χ4v) is 0.326. The molecule has 3 heteroatoms. The molecule has 0 saturated heterocycles. The Bertz CT molecular complexity index is 74.1. The van der Waals surface area contributed by atoms with Crippen molar-refractivity contribution in [3.8, 4) is 0 Å². The molecule has 40 valence electrons. The van der Waals surface area contributed by atoms with Gasteiger partial charge in [0.25, 0.3) is 0 Å². The molecule has 0 aromatic heterocycles. The number of halogens is 1. The normalized spacial score (nSPS) is 12.7. The van der Waals surface area contributed by atoms with Crippen LogP contribution >= 0.6 is 11.8 Å². The standard InChI is InChI=1S/C4H5FOS/c1-2-4(5)7-3-6/h2-4H,1H2. The van der Waals surface area contributed by atoms with Gasteiger partial charge in [0.1, 0.15) is 0 Å². The molecule has 0 amide bonds. The molecule has 0 aliphatic rings. The van der Waals surface area contributed by atoms with Gasteiger partial charge in [-0.25, -0.2) is 4.39 Å². The molecule has 1 nitrogen and oxygen atoms in total. The van der Waals surface area contributed by atoms with Crippen LogP contribution in [-0.2, 0) is 4.79 Å². The van der Waals surface area contributed by atoms with E-state index in [9.17, 15) is 9.18 Å². The minimum atomic E-state index is -1.24. The molecule has 7 heavy (non-hydrogen) atoms. The highest BCUT2D eigenvalue weighted by atomic mass is 32.2. The van der Waals surface area contributed by atoms with Crippen LogP contribution in [0.1, 0.15) is 0 Å². The Kier molecular flexibility index (Phi) is 3.69. The molecule has 0 bridgehead atoms. The molecule has 0 spiro atoms. The van der Waals surface area contributed by atoms with Crippen molar-refractivity contribution in [2.24, 2.45) is 0 Å². The van der Waals surface area contributed by atoms with E-state index in [1.165, 1.54) is 0 Å². The summed E-state index contributed by atoms with van der Waals surface area (Å²) in [5.74, 6) is 0. The average Bonchev–Trinajstić information content (AvgIpc) is 1.68. The van der Waals surface area contributed by atoms with Gasteiger partial charge < -0.3 is 0 Å². The maximum atomic E-state index is 11.7. The fraction of sp³-hybridized carbons (Fsp3) is 0.250. The molecule has 0 radical (unpaired) electrons. The molecule has 0 rings (SSSR count). The largest absolute Gasteiger partial charge is 0.291 e. The van der Waals surface area contributed by atoms with Crippen molar-refractivity contribution < 1.29 is 9.18 Å². The molecular weight excluding hydrogens is 115 g/mol. The quantitative estimate of drug-likeness (QED) is 0.413. The number of carbonyl (C=O) groups excluding carboxylic acids is 1. The van der Waals surface area contributed by atoms with Gasteiger partial charge in [0.15, 0.2) is 11.1 Å². The number of thioether (sulfide) groups is 1. The Labute approximate surface area is 45.6 Å². The van der Waals surface area contributed by atoms with Gasteiger partial charge >= 0.3 is 0 Å². The summed E-state index contributed by atoms with van der Waals surface area (Å²) in [4.78, 5) is 9.45. The summed E-state index contributed by atoms with van der Waals surface area (Å²) < 4.78 is 11.7. The lowest BCUT2D eigenvalue weighted by Crippen LogP contribution is -1.82. The summed E-state index contributed by atoms with van der Waals surface area (Å²) in [5.41, 5.74) is -0.788. The molecule has 0 aromatic rings. The van der Waals surface area contributed by atoms with Crippen molar-refractivity contribution >= 4 is 17.4 Å². The smallest absolute Gasteiger partial charge is 0.179 e. The second kappa shape index (κ2) is 3.87. The minimum Gasteiger partial charge on any atom is -0.291 e. The van der Waals surface area contributed by atoms with Crippen LogP contribution in [0.25, 0.3) is 0 Å². The monoisotopic (exact) mass is 120 g/mol. The molecule has 0 N–H and O–H groups in total. The van der Waals surface area contributed by atoms with Gasteiger partial charge in [-0.15, -0.1) is 0 Å². The molecule has 0 heterocycles. The first kappa shape index (κ1) is 6.69. The van der Waals surface area contributed by atoms with E-state index in [2.05, 4.69) is 6.58 Å². The Hall–Kier alpha value is -0.310. The van der Waals surface area contributed by atoms with Crippen LogP contribution in [0, 0.1) is 0 Å². The Balaban J connectivity index is 3.15. The number of carbonyl (C=O) groups is 1. The first-order chi connectivity index (χ1) is 3.31. The van der Waals surface area contributed by atoms with E-state index in [0.717, 1.165) is 6.08 Å². The number of rotatable bonds is 3. The van der Waals surface area contributed by atoms with Crippen LogP contribution in [0.2, 0.25) is 0 Å². The highest BCUT2D eigenvalue weighted by Crippen LogP contribution is 2.07. The fourth-order valence-electron chi connectivity index (χ4n) is 0.109. The van der Waals surface area contributed by atoms with Gasteiger partial charge in [-0.3, -0.25) is 4.79 Å². The third kappa shape index (κ3) is 3.52. The van der Waals surface area contributed by atoms with Gasteiger partial charge in [-0.2, -0.15) is 0 Å². The van der Waals surface area contributed by atoms with E-state index >= 15 is 0 Å². The van der Waals surface area contributed by atoms with E-state index < -0.39 is 5.50 Å². The molecule has 0 saturated carbocycles. The molecule has 0 fully saturated rings. The summed E-state index contributed by atoms with van der Waals surface area (Å²) in [6, 6.07) is 0. The molecule has 0 aromatic carbocycles. The third-order valence-corrected chi connectivity index (χ3v) is 0.934. The topological polar surface area (TPSA) is 17.1 Å². The summed E-state index contributed by atoms with van der Waals surface area (Å²) in [7, 11) is 0.